The number of hydrogen-bond acceptors (Lipinski definition) is 5. The Bertz CT molecular complexity index is 1260. The van der Waals surface area contributed by atoms with Crippen LogP contribution in [0.25, 0.3) is 11.1 Å². The van der Waals surface area contributed by atoms with E-state index in [1.165, 1.54) is 35.0 Å². The smallest absolute Gasteiger partial charge is 0.270 e. The van der Waals surface area contributed by atoms with Crippen molar-refractivity contribution < 1.29 is 14.8 Å². The zero-order chi connectivity index (χ0) is 21.8. The first kappa shape index (κ1) is 21.4. The van der Waals surface area contributed by atoms with Crippen molar-refractivity contribution in [1.82, 2.24) is 4.57 Å². The van der Waals surface area contributed by atoms with Gasteiger partial charge < -0.3 is 14.4 Å². The summed E-state index contributed by atoms with van der Waals surface area (Å²) in [7, 11) is 1.54. The number of halogens is 2. The van der Waals surface area contributed by atoms with Crippen LogP contribution in [0.4, 0.5) is 5.69 Å². The number of pyridine rings is 1. The van der Waals surface area contributed by atoms with Crippen molar-refractivity contribution in [3.63, 3.8) is 0 Å². The molecule has 0 aliphatic carbocycles. The topological polar surface area (TPSA) is 94.6 Å². The van der Waals surface area contributed by atoms with E-state index in [0.717, 1.165) is 0 Å². The van der Waals surface area contributed by atoms with Gasteiger partial charge in [-0.15, -0.1) is 0 Å². The Morgan fingerprint density at radius 3 is 2.57 bits per heavy atom. The van der Waals surface area contributed by atoms with Gasteiger partial charge in [0.2, 0.25) is 0 Å². The fraction of sp³-hybridized carbons (Fsp3) is 0.0952. The van der Waals surface area contributed by atoms with E-state index >= 15 is 0 Å². The highest BCUT2D eigenvalue weighted by Gasteiger charge is 2.18. The van der Waals surface area contributed by atoms with Gasteiger partial charge in [0.25, 0.3) is 11.2 Å². The van der Waals surface area contributed by atoms with Crippen LogP contribution < -0.4 is 10.3 Å². The lowest BCUT2D eigenvalue weighted by Crippen LogP contribution is -2.14. The molecule has 0 unspecified atom stereocenters. The highest BCUT2D eigenvalue weighted by molar-refractivity contribution is 6.33. The summed E-state index contributed by atoms with van der Waals surface area (Å²) in [6.07, 6.45) is 1.48. The van der Waals surface area contributed by atoms with Crippen LogP contribution in [0.2, 0.25) is 10.0 Å². The number of nitro groups is 1. The first-order chi connectivity index (χ1) is 14.3. The molecule has 0 saturated carbocycles. The van der Waals surface area contributed by atoms with Gasteiger partial charge in [-0.2, -0.15) is 0 Å². The summed E-state index contributed by atoms with van der Waals surface area (Å²) >= 11 is 12.3. The number of aliphatic hydroxyl groups is 1. The summed E-state index contributed by atoms with van der Waals surface area (Å²) < 4.78 is 7.31. The molecule has 9 heteroatoms. The number of non-ortho nitro benzene ring substituents is 1. The molecule has 3 rings (SSSR count). The van der Waals surface area contributed by atoms with E-state index in [2.05, 4.69) is 11.8 Å². The minimum atomic E-state index is -0.538. The van der Waals surface area contributed by atoms with Crippen molar-refractivity contribution in [1.29, 1.82) is 0 Å². The van der Waals surface area contributed by atoms with Crippen LogP contribution in [0.15, 0.2) is 53.5 Å². The molecule has 2 aromatic carbocycles. The summed E-state index contributed by atoms with van der Waals surface area (Å²) in [6, 6.07) is 10.0. The number of nitro benzene ring substituents is 1. The molecule has 0 fully saturated rings. The van der Waals surface area contributed by atoms with Crippen LogP contribution in [-0.4, -0.2) is 21.2 Å². The lowest BCUT2D eigenvalue weighted by atomic mass is 10.1. The Kier molecular flexibility index (Phi) is 6.43. The minimum absolute atomic E-state index is 0.125. The summed E-state index contributed by atoms with van der Waals surface area (Å²) in [4.78, 5) is 22.6. The van der Waals surface area contributed by atoms with Gasteiger partial charge in [-0.1, -0.05) is 35.0 Å². The third-order valence-electron chi connectivity index (χ3n) is 4.11. The van der Waals surface area contributed by atoms with Gasteiger partial charge in [0.1, 0.15) is 18.1 Å². The number of hydrogen-bond donors (Lipinski definition) is 1. The van der Waals surface area contributed by atoms with Gasteiger partial charge in [-0.25, -0.2) is 0 Å². The van der Waals surface area contributed by atoms with Crippen LogP contribution in [0.3, 0.4) is 0 Å². The van der Waals surface area contributed by atoms with Crippen LogP contribution in [0.5, 0.6) is 11.5 Å². The summed E-state index contributed by atoms with van der Waals surface area (Å²) in [6.45, 7) is -0.345. The second-order valence-corrected chi connectivity index (χ2v) is 6.97. The Morgan fingerprint density at radius 1 is 1.13 bits per heavy atom. The molecule has 0 aliphatic heterocycles. The van der Waals surface area contributed by atoms with Crippen LogP contribution in [0, 0.1) is 22.0 Å². The average molecular weight is 445 g/mol. The van der Waals surface area contributed by atoms with Crippen molar-refractivity contribution in [2.45, 2.75) is 0 Å². The number of rotatable bonds is 4. The molecule has 0 spiro atoms. The lowest BCUT2D eigenvalue weighted by molar-refractivity contribution is -0.384. The highest BCUT2D eigenvalue weighted by Crippen LogP contribution is 2.39. The molecule has 152 valence electrons. The molecule has 1 heterocycles. The van der Waals surface area contributed by atoms with E-state index in [-0.39, 0.29) is 28.6 Å². The van der Waals surface area contributed by atoms with Gasteiger partial charge in [-0.05, 0) is 24.3 Å². The number of nitrogens with zero attached hydrogens (tertiary/aromatic N) is 2. The maximum Gasteiger partial charge on any atom is 0.270 e. The lowest BCUT2D eigenvalue weighted by Gasteiger charge is -2.14. The largest absolute Gasteiger partial charge is 0.455 e. The molecule has 1 N–H and O–H groups in total. The monoisotopic (exact) mass is 444 g/mol. The molecule has 0 saturated heterocycles. The number of ether oxygens (including phenoxy) is 1. The molecule has 7 nitrogen and oxygen atoms in total. The van der Waals surface area contributed by atoms with E-state index in [4.69, 9.17) is 33.0 Å². The second-order valence-electron chi connectivity index (χ2n) is 6.12. The van der Waals surface area contributed by atoms with Gasteiger partial charge in [0, 0.05) is 47.6 Å². The molecule has 0 aliphatic rings. The van der Waals surface area contributed by atoms with E-state index in [0.29, 0.717) is 27.5 Å². The number of aromatic nitrogens is 1. The molecule has 0 atom stereocenters. The first-order valence-electron chi connectivity index (χ1n) is 8.52. The standard InChI is InChI=1S/C21H14Cl2N2O5/c1-24-12-17(18(23)11-21(24)27)16-10-15(25(28)29)5-7-20(16)30-19-6-4-14(22)9-13(19)3-2-8-26/h4-7,9-12,26H,8H2,1H3. The van der Waals surface area contributed by atoms with Crippen LogP contribution >= 0.6 is 23.2 Å². The maximum absolute atomic E-state index is 11.8. The third-order valence-corrected chi connectivity index (χ3v) is 4.65. The molecular formula is C21H14Cl2N2O5. The molecule has 0 amide bonds. The molecule has 1 aromatic heterocycles. The SMILES string of the molecule is Cn1cc(-c2cc([N+](=O)[O-])ccc2Oc2ccc(Cl)cc2C#CCO)c(Cl)cc1=O. The van der Waals surface area contributed by atoms with Gasteiger partial charge in [0.05, 0.1) is 15.5 Å². The molecule has 30 heavy (non-hydrogen) atoms. The van der Waals surface area contributed by atoms with Gasteiger partial charge >= 0.3 is 0 Å². The molecule has 0 bridgehead atoms. The zero-order valence-corrected chi connectivity index (χ0v) is 17.1. The maximum atomic E-state index is 11.8. The van der Waals surface area contributed by atoms with E-state index < -0.39 is 4.92 Å². The summed E-state index contributed by atoms with van der Waals surface area (Å²) in [5, 5.41) is 20.8. The van der Waals surface area contributed by atoms with Crippen molar-refractivity contribution in [2.75, 3.05) is 6.61 Å². The first-order valence-corrected chi connectivity index (χ1v) is 9.28. The minimum Gasteiger partial charge on any atom is -0.455 e. The van der Waals surface area contributed by atoms with Crippen molar-refractivity contribution in [2.24, 2.45) is 7.05 Å². The molecule has 0 radical (unpaired) electrons. The fourth-order valence-electron chi connectivity index (χ4n) is 2.68. The van der Waals surface area contributed by atoms with Gasteiger partial charge in [0.15, 0.2) is 0 Å². The Labute approximate surface area is 181 Å². The van der Waals surface area contributed by atoms with Crippen molar-refractivity contribution >= 4 is 28.9 Å². The van der Waals surface area contributed by atoms with Crippen molar-refractivity contribution in [3.8, 4) is 34.5 Å². The quantitative estimate of drug-likeness (QED) is 0.365. The predicted octanol–water partition coefficient (Wildman–Crippen LogP) is 4.40. The Morgan fingerprint density at radius 2 is 1.87 bits per heavy atom. The highest BCUT2D eigenvalue weighted by atomic mass is 35.5. The second kappa shape index (κ2) is 9.01. The predicted molar refractivity (Wildman–Crippen MR) is 114 cm³/mol. The summed E-state index contributed by atoms with van der Waals surface area (Å²) in [5.74, 6) is 5.87. The van der Waals surface area contributed by atoms with Gasteiger partial charge in [-0.3, -0.25) is 14.9 Å². The van der Waals surface area contributed by atoms with E-state index in [1.54, 1.807) is 25.2 Å². The number of benzene rings is 2. The number of aryl methyl sites for hydroxylation is 1. The Hall–Kier alpha value is -3.31. The zero-order valence-electron chi connectivity index (χ0n) is 15.6. The third kappa shape index (κ3) is 4.63. The van der Waals surface area contributed by atoms with Crippen LogP contribution in [0.1, 0.15) is 5.56 Å². The van der Waals surface area contributed by atoms with E-state index in [1.807, 2.05) is 0 Å². The average Bonchev–Trinajstić information content (AvgIpc) is 2.71. The van der Waals surface area contributed by atoms with Crippen LogP contribution in [-0.2, 0) is 7.05 Å². The summed E-state index contributed by atoms with van der Waals surface area (Å²) in [5.41, 5.74) is 0.636. The molecular weight excluding hydrogens is 431 g/mol. The fourth-order valence-corrected chi connectivity index (χ4v) is 3.09. The van der Waals surface area contributed by atoms with E-state index in [9.17, 15) is 14.9 Å². The normalized spacial score (nSPS) is 10.3. The number of aliphatic hydroxyl groups excluding tert-OH is 1. The molecule has 3 aromatic rings. The Balaban J connectivity index is 2.19. The van der Waals surface area contributed by atoms with Crippen molar-refractivity contribution in [3.05, 3.63) is 84.7 Å².